The largest absolute Gasteiger partial charge is 0.316 e. The fraction of sp³-hybridized carbons (Fsp3) is 0.0476. The number of benzene rings is 3. The predicted octanol–water partition coefficient (Wildman–Crippen LogP) is 5.17. The van der Waals surface area contributed by atoms with Crippen molar-refractivity contribution in [3.05, 3.63) is 94.5 Å². The van der Waals surface area contributed by atoms with Crippen LogP contribution in [-0.2, 0) is 16.1 Å². The van der Waals surface area contributed by atoms with Crippen LogP contribution in [0.3, 0.4) is 0 Å². The fourth-order valence-corrected chi connectivity index (χ4v) is 2.90. The van der Waals surface area contributed by atoms with Crippen LogP contribution in [0.2, 0.25) is 10.0 Å². The molecule has 0 aliphatic rings. The van der Waals surface area contributed by atoms with E-state index in [1.54, 1.807) is 30.3 Å². The molecule has 27 heavy (non-hydrogen) atoms. The molecule has 0 bridgehead atoms. The standard InChI is InChI=1S/C21H16Cl2N2O2/c22-17-12-7-13-18(19(17)23)24-20(26)21(27)25(16-10-5-2-6-11-16)14-15-8-3-1-4-9-15/h1-13H,14H2,(H,24,26). The first-order valence-electron chi connectivity index (χ1n) is 8.22. The maximum absolute atomic E-state index is 12.9. The Bertz CT molecular complexity index is 947. The van der Waals surface area contributed by atoms with Gasteiger partial charge in [-0.15, -0.1) is 0 Å². The molecule has 0 atom stereocenters. The van der Waals surface area contributed by atoms with Crippen molar-refractivity contribution in [1.29, 1.82) is 0 Å². The third kappa shape index (κ3) is 4.67. The maximum atomic E-state index is 12.9. The summed E-state index contributed by atoms with van der Waals surface area (Å²) < 4.78 is 0. The number of hydrogen-bond donors (Lipinski definition) is 1. The van der Waals surface area contributed by atoms with E-state index in [1.165, 1.54) is 4.90 Å². The summed E-state index contributed by atoms with van der Waals surface area (Å²) in [6.07, 6.45) is 0. The molecule has 3 aromatic carbocycles. The minimum Gasteiger partial charge on any atom is -0.316 e. The highest BCUT2D eigenvalue weighted by molar-refractivity contribution is 6.47. The SMILES string of the molecule is O=C(Nc1cccc(Cl)c1Cl)C(=O)N(Cc1ccccc1)c1ccccc1. The zero-order valence-electron chi connectivity index (χ0n) is 14.2. The first kappa shape index (κ1) is 19.0. The second-order valence-corrected chi connectivity index (χ2v) is 6.55. The smallest absolute Gasteiger partial charge is 0.316 e. The van der Waals surface area contributed by atoms with Crippen molar-refractivity contribution in [1.82, 2.24) is 0 Å². The van der Waals surface area contributed by atoms with Crippen molar-refractivity contribution in [3.8, 4) is 0 Å². The Kier molecular flexibility index (Phi) is 6.12. The lowest BCUT2D eigenvalue weighted by molar-refractivity contribution is -0.134. The molecule has 0 aliphatic heterocycles. The number of carbonyl (C=O) groups excluding carboxylic acids is 2. The van der Waals surface area contributed by atoms with Gasteiger partial charge in [-0.2, -0.15) is 0 Å². The Balaban J connectivity index is 1.86. The van der Waals surface area contributed by atoms with Crippen LogP contribution in [0.4, 0.5) is 11.4 Å². The van der Waals surface area contributed by atoms with Crippen LogP contribution in [0.1, 0.15) is 5.56 Å². The molecule has 2 amide bonds. The molecule has 0 aliphatic carbocycles. The third-order valence-electron chi connectivity index (χ3n) is 3.89. The van der Waals surface area contributed by atoms with Gasteiger partial charge in [0.1, 0.15) is 0 Å². The van der Waals surface area contributed by atoms with Gasteiger partial charge in [-0.3, -0.25) is 14.5 Å². The summed E-state index contributed by atoms with van der Waals surface area (Å²) in [6.45, 7) is 0.264. The van der Waals surface area contributed by atoms with Gasteiger partial charge < -0.3 is 5.32 Å². The van der Waals surface area contributed by atoms with E-state index in [0.717, 1.165) is 5.56 Å². The molecule has 6 heteroatoms. The lowest BCUT2D eigenvalue weighted by Gasteiger charge is -2.22. The van der Waals surface area contributed by atoms with Gasteiger partial charge in [0, 0.05) is 5.69 Å². The molecule has 3 aromatic rings. The Morgan fingerprint density at radius 3 is 2.11 bits per heavy atom. The number of halogens is 2. The highest BCUT2D eigenvalue weighted by Crippen LogP contribution is 2.29. The van der Waals surface area contributed by atoms with Gasteiger partial charge in [-0.1, -0.05) is 77.8 Å². The lowest BCUT2D eigenvalue weighted by atomic mass is 10.2. The van der Waals surface area contributed by atoms with Gasteiger partial charge in [-0.25, -0.2) is 0 Å². The summed E-state index contributed by atoms with van der Waals surface area (Å²) in [5, 5.41) is 3.03. The van der Waals surface area contributed by atoms with E-state index in [2.05, 4.69) is 5.32 Å². The molecule has 3 rings (SSSR count). The molecule has 136 valence electrons. The van der Waals surface area contributed by atoms with Crippen LogP contribution >= 0.6 is 23.2 Å². The molecule has 0 unspecified atom stereocenters. The number of amides is 2. The molecule has 0 aromatic heterocycles. The van der Waals surface area contributed by atoms with Crippen molar-refractivity contribution in [2.75, 3.05) is 10.2 Å². The number of rotatable bonds is 4. The summed E-state index contributed by atoms with van der Waals surface area (Å²) in [5.41, 5.74) is 1.82. The zero-order chi connectivity index (χ0) is 19.2. The van der Waals surface area contributed by atoms with Crippen LogP contribution in [0, 0.1) is 0 Å². The molecule has 0 radical (unpaired) electrons. The fourth-order valence-electron chi connectivity index (χ4n) is 2.55. The number of hydrogen-bond acceptors (Lipinski definition) is 2. The topological polar surface area (TPSA) is 49.4 Å². The lowest BCUT2D eigenvalue weighted by Crippen LogP contribution is -2.39. The van der Waals surface area contributed by atoms with Gasteiger partial charge in [0.05, 0.1) is 22.3 Å². The molecule has 0 fully saturated rings. The molecular weight excluding hydrogens is 383 g/mol. The average molecular weight is 399 g/mol. The van der Waals surface area contributed by atoms with Crippen molar-refractivity contribution < 1.29 is 9.59 Å². The molecule has 1 N–H and O–H groups in total. The van der Waals surface area contributed by atoms with E-state index in [9.17, 15) is 9.59 Å². The second-order valence-electron chi connectivity index (χ2n) is 5.77. The van der Waals surface area contributed by atoms with Crippen LogP contribution in [0.5, 0.6) is 0 Å². The monoisotopic (exact) mass is 398 g/mol. The van der Waals surface area contributed by atoms with Crippen LogP contribution in [0.25, 0.3) is 0 Å². The highest BCUT2D eigenvalue weighted by atomic mass is 35.5. The Hall–Kier alpha value is -2.82. The second kappa shape index (κ2) is 8.71. The third-order valence-corrected chi connectivity index (χ3v) is 4.71. The minimum atomic E-state index is -0.793. The number of para-hydroxylation sites is 1. The van der Waals surface area contributed by atoms with Gasteiger partial charge >= 0.3 is 11.8 Å². The molecule has 0 heterocycles. The van der Waals surface area contributed by atoms with E-state index < -0.39 is 11.8 Å². The molecular formula is C21H16Cl2N2O2. The average Bonchev–Trinajstić information content (AvgIpc) is 2.70. The van der Waals surface area contributed by atoms with Crippen LogP contribution in [0.15, 0.2) is 78.9 Å². The molecule has 4 nitrogen and oxygen atoms in total. The Morgan fingerprint density at radius 1 is 0.815 bits per heavy atom. The maximum Gasteiger partial charge on any atom is 0.316 e. The minimum absolute atomic E-state index is 0.189. The number of nitrogens with zero attached hydrogens (tertiary/aromatic N) is 1. The van der Waals surface area contributed by atoms with Gasteiger partial charge in [0.25, 0.3) is 0 Å². The van der Waals surface area contributed by atoms with Crippen LogP contribution in [-0.4, -0.2) is 11.8 Å². The van der Waals surface area contributed by atoms with E-state index in [-0.39, 0.29) is 17.3 Å². The molecule has 0 saturated carbocycles. The van der Waals surface area contributed by atoms with Crippen molar-refractivity contribution in [2.24, 2.45) is 0 Å². The summed E-state index contributed by atoms with van der Waals surface area (Å²) in [5.74, 6) is -1.49. The van der Waals surface area contributed by atoms with Crippen LogP contribution < -0.4 is 10.2 Å². The van der Waals surface area contributed by atoms with Gasteiger partial charge in [0.15, 0.2) is 0 Å². The summed E-state index contributed by atoms with van der Waals surface area (Å²) in [4.78, 5) is 26.9. The van der Waals surface area contributed by atoms with Crippen molar-refractivity contribution in [2.45, 2.75) is 6.54 Å². The van der Waals surface area contributed by atoms with Gasteiger partial charge in [-0.05, 0) is 29.8 Å². The van der Waals surface area contributed by atoms with Gasteiger partial charge in [0.2, 0.25) is 0 Å². The van der Waals surface area contributed by atoms with E-state index in [1.807, 2.05) is 48.5 Å². The summed E-state index contributed by atoms with van der Waals surface area (Å²) in [7, 11) is 0. The summed E-state index contributed by atoms with van der Waals surface area (Å²) in [6, 6.07) is 23.3. The van der Waals surface area contributed by atoms with E-state index in [0.29, 0.717) is 10.7 Å². The Labute approximate surface area is 167 Å². The summed E-state index contributed by atoms with van der Waals surface area (Å²) >= 11 is 12.1. The quantitative estimate of drug-likeness (QED) is 0.616. The molecule has 0 spiro atoms. The zero-order valence-corrected chi connectivity index (χ0v) is 15.7. The number of nitrogens with one attached hydrogen (secondary N) is 1. The first-order chi connectivity index (χ1) is 13.1. The van der Waals surface area contributed by atoms with Crippen molar-refractivity contribution in [3.63, 3.8) is 0 Å². The first-order valence-corrected chi connectivity index (χ1v) is 8.97. The van der Waals surface area contributed by atoms with E-state index in [4.69, 9.17) is 23.2 Å². The van der Waals surface area contributed by atoms with Crippen molar-refractivity contribution >= 4 is 46.4 Å². The number of anilines is 2. The number of carbonyl (C=O) groups is 2. The molecule has 0 saturated heterocycles. The predicted molar refractivity (Wildman–Crippen MR) is 109 cm³/mol. The highest BCUT2D eigenvalue weighted by Gasteiger charge is 2.24. The normalized spacial score (nSPS) is 10.3. The Morgan fingerprint density at radius 2 is 1.44 bits per heavy atom. The van der Waals surface area contributed by atoms with E-state index >= 15 is 0 Å².